The molecule has 0 bridgehead atoms. The molecule has 18 heavy (non-hydrogen) atoms. The van der Waals surface area contributed by atoms with Crippen LogP contribution in [0.1, 0.15) is 25.8 Å². The van der Waals surface area contributed by atoms with Gasteiger partial charge in [-0.3, -0.25) is 0 Å². The SMILES string of the molecule is CC(C)CC(CO)Nc1ccc(N)c(CC#N)c1. The number of aliphatic hydroxyl groups excluding tert-OH is 1. The molecule has 4 heteroatoms. The van der Waals surface area contributed by atoms with E-state index in [4.69, 9.17) is 11.0 Å². The lowest BCUT2D eigenvalue weighted by Gasteiger charge is -2.20. The number of benzene rings is 1. The summed E-state index contributed by atoms with van der Waals surface area (Å²) in [5.74, 6) is 0.516. The van der Waals surface area contributed by atoms with Crippen LogP contribution >= 0.6 is 0 Å². The lowest BCUT2D eigenvalue weighted by molar-refractivity contribution is 0.259. The molecule has 0 amide bonds. The van der Waals surface area contributed by atoms with E-state index >= 15 is 0 Å². The average molecular weight is 247 g/mol. The minimum absolute atomic E-state index is 0.0311. The molecule has 1 aromatic rings. The van der Waals surface area contributed by atoms with Gasteiger partial charge >= 0.3 is 0 Å². The molecule has 0 aromatic heterocycles. The van der Waals surface area contributed by atoms with E-state index < -0.39 is 0 Å². The largest absolute Gasteiger partial charge is 0.398 e. The van der Waals surface area contributed by atoms with Gasteiger partial charge in [0, 0.05) is 17.4 Å². The molecule has 4 nitrogen and oxygen atoms in total. The Morgan fingerprint density at radius 2 is 2.17 bits per heavy atom. The van der Waals surface area contributed by atoms with E-state index in [2.05, 4.69) is 25.2 Å². The Hall–Kier alpha value is -1.73. The lowest BCUT2D eigenvalue weighted by atomic mass is 10.0. The number of nitrogens with two attached hydrogens (primary N) is 1. The van der Waals surface area contributed by atoms with E-state index in [1.54, 1.807) is 6.07 Å². The van der Waals surface area contributed by atoms with Crippen LogP contribution in [0.3, 0.4) is 0 Å². The van der Waals surface area contributed by atoms with Gasteiger partial charge in [0.1, 0.15) is 0 Å². The van der Waals surface area contributed by atoms with Crippen molar-refractivity contribution in [2.75, 3.05) is 17.7 Å². The first-order valence-corrected chi connectivity index (χ1v) is 6.19. The summed E-state index contributed by atoms with van der Waals surface area (Å²) in [4.78, 5) is 0. The molecule has 1 rings (SSSR count). The Balaban J connectivity index is 2.77. The van der Waals surface area contributed by atoms with Gasteiger partial charge in [0.05, 0.1) is 19.1 Å². The number of nitriles is 1. The summed E-state index contributed by atoms with van der Waals surface area (Å²) in [5.41, 5.74) is 8.14. The summed E-state index contributed by atoms with van der Waals surface area (Å²) in [6.45, 7) is 4.33. The van der Waals surface area contributed by atoms with Gasteiger partial charge in [0.25, 0.3) is 0 Å². The summed E-state index contributed by atoms with van der Waals surface area (Å²) < 4.78 is 0. The molecule has 4 N–H and O–H groups in total. The monoisotopic (exact) mass is 247 g/mol. The summed E-state index contributed by atoms with van der Waals surface area (Å²) in [5, 5.41) is 21.3. The van der Waals surface area contributed by atoms with Crippen molar-refractivity contribution >= 4 is 11.4 Å². The standard InChI is InChI=1S/C14H21N3O/c1-10(2)7-13(9-18)17-12-3-4-14(16)11(8-12)5-6-15/h3-4,8,10,13,17-18H,5,7,9,16H2,1-2H3. The molecule has 0 saturated carbocycles. The van der Waals surface area contributed by atoms with Crippen LogP contribution in [-0.4, -0.2) is 17.8 Å². The molecule has 1 aromatic carbocycles. The number of nitrogens with one attached hydrogen (secondary N) is 1. The molecule has 0 saturated heterocycles. The number of aliphatic hydroxyl groups is 1. The third-order valence-corrected chi connectivity index (χ3v) is 2.76. The van der Waals surface area contributed by atoms with Crippen molar-refractivity contribution in [3.8, 4) is 6.07 Å². The number of nitrogen functional groups attached to an aromatic ring is 1. The fourth-order valence-corrected chi connectivity index (χ4v) is 1.92. The Bertz CT molecular complexity index is 424. The average Bonchev–Trinajstić information content (AvgIpc) is 2.32. The van der Waals surface area contributed by atoms with Gasteiger partial charge in [-0.15, -0.1) is 0 Å². The first kappa shape index (κ1) is 14.3. The van der Waals surface area contributed by atoms with E-state index in [1.165, 1.54) is 0 Å². The second-order valence-corrected chi connectivity index (χ2v) is 4.90. The number of nitrogens with zero attached hydrogens (tertiary/aromatic N) is 1. The van der Waals surface area contributed by atoms with E-state index in [1.807, 2.05) is 12.1 Å². The first-order valence-electron chi connectivity index (χ1n) is 6.19. The zero-order valence-corrected chi connectivity index (χ0v) is 11.0. The number of hydrogen-bond donors (Lipinski definition) is 3. The highest BCUT2D eigenvalue weighted by molar-refractivity contribution is 5.58. The highest BCUT2D eigenvalue weighted by atomic mass is 16.3. The van der Waals surface area contributed by atoms with Crippen LogP contribution in [0.5, 0.6) is 0 Å². The number of anilines is 2. The summed E-state index contributed by atoms with van der Waals surface area (Å²) in [6, 6.07) is 7.67. The highest BCUT2D eigenvalue weighted by Gasteiger charge is 2.10. The van der Waals surface area contributed by atoms with E-state index in [0.717, 1.165) is 17.7 Å². The van der Waals surface area contributed by atoms with Gasteiger partial charge in [-0.25, -0.2) is 0 Å². The molecule has 1 atom stereocenters. The second kappa shape index (κ2) is 6.87. The molecule has 0 aliphatic heterocycles. The van der Waals surface area contributed by atoms with Crippen LogP contribution in [0.2, 0.25) is 0 Å². The molecule has 0 radical (unpaired) electrons. The van der Waals surface area contributed by atoms with Crippen LogP contribution in [-0.2, 0) is 6.42 Å². The molecule has 1 unspecified atom stereocenters. The van der Waals surface area contributed by atoms with Crippen molar-refractivity contribution in [3.05, 3.63) is 23.8 Å². The number of hydrogen-bond acceptors (Lipinski definition) is 4. The molecule has 0 aliphatic carbocycles. The third-order valence-electron chi connectivity index (χ3n) is 2.76. The Morgan fingerprint density at radius 3 is 2.72 bits per heavy atom. The van der Waals surface area contributed by atoms with Crippen LogP contribution in [0.15, 0.2) is 18.2 Å². The third kappa shape index (κ3) is 4.27. The van der Waals surface area contributed by atoms with Crippen LogP contribution in [0.4, 0.5) is 11.4 Å². The minimum atomic E-state index is 0.0311. The molecule has 0 aliphatic rings. The van der Waals surface area contributed by atoms with Crippen molar-refractivity contribution in [2.45, 2.75) is 32.7 Å². The van der Waals surface area contributed by atoms with Gasteiger partial charge in [0.2, 0.25) is 0 Å². The minimum Gasteiger partial charge on any atom is -0.398 e. The van der Waals surface area contributed by atoms with Crippen LogP contribution in [0.25, 0.3) is 0 Å². The van der Waals surface area contributed by atoms with Crippen LogP contribution in [0, 0.1) is 17.2 Å². The van der Waals surface area contributed by atoms with Gasteiger partial charge in [0.15, 0.2) is 0 Å². The van der Waals surface area contributed by atoms with Crippen LogP contribution < -0.4 is 11.1 Å². The van der Waals surface area contributed by atoms with Gasteiger partial charge in [-0.1, -0.05) is 13.8 Å². The smallest absolute Gasteiger partial charge is 0.0670 e. The maximum Gasteiger partial charge on any atom is 0.0670 e. The molecule has 98 valence electrons. The van der Waals surface area contributed by atoms with Gasteiger partial charge in [-0.05, 0) is 36.1 Å². The topological polar surface area (TPSA) is 82.1 Å². The Labute approximate surface area is 108 Å². The number of rotatable bonds is 6. The summed E-state index contributed by atoms with van der Waals surface area (Å²) >= 11 is 0. The zero-order valence-electron chi connectivity index (χ0n) is 11.0. The van der Waals surface area contributed by atoms with Crippen molar-refractivity contribution < 1.29 is 5.11 Å². The molecular weight excluding hydrogens is 226 g/mol. The van der Waals surface area contributed by atoms with Gasteiger partial charge in [-0.2, -0.15) is 5.26 Å². The summed E-state index contributed by atoms with van der Waals surface area (Å²) in [7, 11) is 0. The Morgan fingerprint density at radius 1 is 1.44 bits per heavy atom. The Kier molecular flexibility index (Phi) is 5.47. The predicted molar refractivity (Wildman–Crippen MR) is 74.1 cm³/mol. The lowest BCUT2D eigenvalue weighted by Crippen LogP contribution is -2.25. The maximum atomic E-state index is 9.32. The zero-order chi connectivity index (χ0) is 13.5. The molecule has 0 spiro atoms. The quantitative estimate of drug-likeness (QED) is 0.673. The second-order valence-electron chi connectivity index (χ2n) is 4.90. The van der Waals surface area contributed by atoms with Crippen molar-refractivity contribution in [2.24, 2.45) is 5.92 Å². The molecular formula is C14H21N3O. The van der Waals surface area contributed by atoms with E-state index in [9.17, 15) is 5.11 Å². The summed E-state index contributed by atoms with van der Waals surface area (Å²) in [6.07, 6.45) is 1.20. The fourth-order valence-electron chi connectivity index (χ4n) is 1.92. The first-order chi connectivity index (χ1) is 8.56. The highest BCUT2D eigenvalue weighted by Crippen LogP contribution is 2.20. The maximum absolute atomic E-state index is 9.32. The predicted octanol–water partition coefficient (Wildman–Crippen LogP) is 2.15. The van der Waals surface area contributed by atoms with Gasteiger partial charge < -0.3 is 16.2 Å². The normalized spacial score (nSPS) is 12.2. The molecule has 0 heterocycles. The van der Waals surface area contributed by atoms with Crippen molar-refractivity contribution in [1.82, 2.24) is 0 Å². The molecule has 0 fully saturated rings. The fraction of sp³-hybridized carbons (Fsp3) is 0.500. The van der Waals surface area contributed by atoms with Crippen molar-refractivity contribution in [3.63, 3.8) is 0 Å². The van der Waals surface area contributed by atoms with Crippen molar-refractivity contribution in [1.29, 1.82) is 5.26 Å². The van der Waals surface area contributed by atoms with E-state index in [0.29, 0.717) is 18.0 Å². The van der Waals surface area contributed by atoms with E-state index in [-0.39, 0.29) is 12.6 Å².